The highest BCUT2D eigenvalue weighted by Crippen LogP contribution is 2.18. The maximum Gasteiger partial charge on any atom is 0.243 e. The highest BCUT2D eigenvalue weighted by atomic mass is 32.2. The number of nitrogens with zero attached hydrogens (tertiary/aromatic N) is 2. The normalized spacial score (nSPS) is 16.2. The van der Waals surface area contributed by atoms with Crippen LogP contribution in [0.4, 0.5) is 0 Å². The quantitative estimate of drug-likeness (QED) is 0.810. The molecule has 1 fully saturated rings. The number of aryl methyl sites for hydroxylation is 1. The van der Waals surface area contributed by atoms with Crippen molar-refractivity contribution in [3.63, 3.8) is 0 Å². The Bertz CT molecular complexity index is 823. The van der Waals surface area contributed by atoms with Gasteiger partial charge in [0.05, 0.1) is 4.90 Å². The van der Waals surface area contributed by atoms with Gasteiger partial charge < -0.3 is 4.90 Å². The molecule has 26 heavy (non-hydrogen) atoms. The molecule has 1 saturated heterocycles. The van der Waals surface area contributed by atoms with Crippen molar-refractivity contribution >= 4 is 15.9 Å². The van der Waals surface area contributed by atoms with Crippen molar-refractivity contribution in [2.75, 3.05) is 26.2 Å². The molecule has 5 nitrogen and oxygen atoms in total. The van der Waals surface area contributed by atoms with Crippen LogP contribution in [0.1, 0.15) is 18.4 Å². The fourth-order valence-corrected chi connectivity index (χ4v) is 4.67. The predicted octanol–water partition coefficient (Wildman–Crippen LogP) is 2.54. The molecular formula is C20H24N2O3S. The molecule has 3 rings (SSSR count). The first-order valence-corrected chi connectivity index (χ1v) is 10.4. The number of hydrogen-bond donors (Lipinski definition) is 0. The Labute approximate surface area is 155 Å². The molecule has 0 N–H and O–H groups in total. The predicted molar refractivity (Wildman–Crippen MR) is 101 cm³/mol. The van der Waals surface area contributed by atoms with Gasteiger partial charge in [0, 0.05) is 32.6 Å². The summed E-state index contributed by atoms with van der Waals surface area (Å²) in [5, 5.41) is 0. The molecule has 0 atom stereocenters. The molecule has 2 aromatic rings. The van der Waals surface area contributed by atoms with E-state index in [4.69, 9.17) is 0 Å². The third kappa shape index (κ3) is 4.51. The summed E-state index contributed by atoms with van der Waals surface area (Å²) in [6.07, 6.45) is 1.82. The molecule has 0 saturated carbocycles. The van der Waals surface area contributed by atoms with E-state index in [1.54, 1.807) is 35.2 Å². The standard InChI is InChI=1S/C20H24N2O3S/c23-20(13-12-18-8-3-1-4-9-18)21-14-7-15-22(17-16-21)26(24,25)19-10-5-2-6-11-19/h1-6,8-11H,7,12-17H2. The Morgan fingerprint density at radius 1 is 0.846 bits per heavy atom. The van der Waals surface area contributed by atoms with E-state index >= 15 is 0 Å². The first-order valence-electron chi connectivity index (χ1n) is 8.94. The van der Waals surface area contributed by atoms with Gasteiger partial charge >= 0.3 is 0 Å². The van der Waals surface area contributed by atoms with Crippen molar-refractivity contribution in [3.05, 3.63) is 66.2 Å². The zero-order chi connectivity index (χ0) is 18.4. The van der Waals surface area contributed by atoms with Gasteiger partial charge in [0.1, 0.15) is 0 Å². The minimum atomic E-state index is -3.49. The average Bonchev–Trinajstić information content (AvgIpc) is 2.94. The van der Waals surface area contributed by atoms with Gasteiger partial charge in [-0.1, -0.05) is 48.5 Å². The summed E-state index contributed by atoms with van der Waals surface area (Å²) in [7, 11) is -3.49. The fourth-order valence-electron chi connectivity index (χ4n) is 3.18. The third-order valence-corrected chi connectivity index (χ3v) is 6.57. The lowest BCUT2D eigenvalue weighted by Gasteiger charge is -2.22. The second-order valence-corrected chi connectivity index (χ2v) is 8.38. The maximum absolute atomic E-state index is 12.7. The summed E-state index contributed by atoms with van der Waals surface area (Å²) in [4.78, 5) is 14.6. The molecule has 0 radical (unpaired) electrons. The second-order valence-electron chi connectivity index (χ2n) is 6.44. The molecule has 138 valence electrons. The van der Waals surface area contributed by atoms with E-state index < -0.39 is 10.0 Å². The van der Waals surface area contributed by atoms with Gasteiger partial charge in [0.2, 0.25) is 15.9 Å². The van der Waals surface area contributed by atoms with E-state index in [1.807, 2.05) is 30.3 Å². The maximum atomic E-state index is 12.7. The molecule has 1 aliphatic rings. The van der Waals surface area contributed by atoms with Crippen molar-refractivity contribution in [2.45, 2.75) is 24.2 Å². The van der Waals surface area contributed by atoms with Crippen LogP contribution in [0, 0.1) is 0 Å². The Morgan fingerprint density at radius 3 is 2.19 bits per heavy atom. The first kappa shape index (κ1) is 18.6. The van der Waals surface area contributed by atoms with E-state index in [1.165, 1.54) is 4.31 Å². The summed E-state index contributed by atoms with van der Waals surface area (Å²) in [5.41, 5.74) is 1.14. The van der Waals surface area contributed by atoms with E-state index in [9.17, 15) is 13.2 Å². The Morgan fingerprint density at radius 2 is 1.50 bits per heavy atom. The Hall–Kier alpha value is -2.18. The van der Waals surface area contributed by atoms with Crippen LogP contribution in [0.3, 0.4) is 0 Å². The fraction of sp³-hybridized carbons (Fsp3) is 0.350. The minimum absolute atomic E-state index is 0.0906. The van der Waals surface area contributed by atoms with E-state index in [0.29, 0.717) is 50.3 Å². The van der Waals surface area contributed by atoms with Gasteiger partial charge in [-0.2, -0.15) is 4.31 Å². The first-order chi connectivity index (χ1) is 12.6. The van der Waals surface area contributed by atoms with Crippen LogP contribution < -0.4 is 0 Å². The van der Waals surface area contributed by atoms with Gasteiger partial charge in [-0.25, -0.2) is 8.42 Å². The second kappa shape index (κ2) is 8.47. The van der Waals surface area contributed by atoms with Gasteiger partial charge in [-0.3, -0.25) is 4.79 Å². The van der Waals surface area contributed by atoms with E-state index in [-0.39, 0.29) is 5.91 Å². The molecule has 1 aliphatic heterocycles. The highest BCUT2D eigenvalue weighted by molar-refractivity contribution is 7.89. The molecular weight excluding hydrogens is 348 g/mol. The minimum Gasteiger partial charge on any atom is -0.341 e. The summed E-state index contributed by atoms with van der Waals surface area (Å²) >= 11 is 0. The number of amides is 1. The van der Waals surface area contributed by atoms with Gasteiger partial charge in [-0.05, 0) is 30.5 Å². The van der Waals surface area contributed by atoms with Gasteiger partial charge in [-0.15, -0.1) is 0 Å². The number of benzene rings is 2. The van der Waals surface area contributed by atoms with Crippen molar-refractivity contribution < 1.29 is 13.2 Å². The lowest BCUT2D eigenvalue weighted by molar-refractivity contribution is -0.131. The third-order valence-electron chi connectivity index (χ3n) is 4.66. The van der Waals surface area contributed by atoms with Crippen LogP contribution in [-0.4, -0.2) is 49.7 Å². The zero-order valence-electron chi connectivity index (χ0n) is 14.8. The topological polar surface area (TPSA) is 57.7 Å². The van der Waals surface area contributed by atoms with Crippen LogP contribution in [0.5, 0.6) is 0 Å². The number of rotatable bonds is 5. The Kier molecular flexibility index (Phi) is 6.06. The summed E-state index contributed by atoms with van der Waals surface area (Å²) in [5.74, 6) is 0.0906. The summed E-state index contributed by atoms with van der Waals surface area (Å²) in [6.45, 7) is 1.84. The molecule has 0 aromatic heterocycles. The largest absolute Gasteiger partial charge is 0.341 e. The molecule has 0 bridgehead atoms. The van der Waals surface area contributed by atoms with Crippen molar-refractivity contribution in [2.24, 2.45) is 0 Å². The lowest BCUT2D eigenvalue weighted by Crippen LogP contribution is -2.37. The van der Waals surface area contributed by atoms with Gasteiger partial charge in [0.15, 0.2) is 0 Å². The lowest BCUT2D eigenvalue weighted by atomic mass is 10.1. The summed E-state index contributed by atoms with van der Waals surface area (Å²) < 4.78 is 27.0. The Balaban J connectivity index is 1.58. The number of carbonyl (C=O) groups excluding carboxylic acids is 1. The number of carbonyl (C=O) groups is 1. The molecule has 0 spiro atoms. The monoisotopic (exact) mass is 372 g/mol. The molecule has 2 aromatic carbocycles. The number of sulfonamides is 1. The van der Waals surface area contributed by atoms with Crippen LogP contribution in [0.2, 0.25) is 0 Å². The average molecular weight is 372 g/mol. The van der Waals surface area contributed by atoms with E-state index in [2.05, 4.69) is 0 Å². The summed E-state index contributed by atoms with van der Waals surface area (Å²) in [6, 6.07) is 18.4. The SMILES string of the molecule is O=C(CCc1ccccc1)N1CCCN(S(=O)(=O)c2ccccc2)CC1. The van der Waals surface area contributed by atoms with Crippen LogP contribution in [0.25, 0.3) is 0 Å². The molecule has 6 heteroatoms. The van der Waals surface area contributed by atoms with Crippen LogP contribution in [0.15, 0.2) is 65.6 Å². The smallest absolute Gasteiger partial charge is 0.243 e. The van der Waals surface area contributed by atoms with Crippen molar-refractivity contribution in [1.29, 1.82) is 0 Å². The van der Waals surface area contributed by atoms with Gasteiger partial charge in [0.25, 0.3) is 0 Å². The zero-order valence-corrected chi connectivity index (χ0v) is 15.6. The van der Waals surface area contributed by atoms with Crippen LogP contribution >= 0.6 is 0 Å². The number of hydrogen-bond acceptors (Lipinski definition) is 3. The van der Waals surface area contributed by atoms with Crippen molar-refractivity contribution in [3.8, 4) is 0 Å². The highest BCUT2D eigenvalue weighted by Gasteiger charge is 2.27. The molecule has 0 aliphatic carbocycles. The van der Waals surface area contributed by atoms with E-state index in [0.717, 1.165) is 5.56 Å². The molecule has 1 amide bonds. The molecule has 1 heterocycles. The molecule has 0 unspecified atom stereocenters. The van der Waals surface area contributed by atoms with Crippen molar-refractivity contribution in [1.82, 2.24) is 9.21 Å². The van der Waals surface area contributed by atoms with Crippen LogP contribution in [-0.2, 0) is 21.2 Å².